The predicted octanol–water partition coefficient (Wildman–Crippen LogP) is 2.07. The zero-order valence-corrected chi connectivity index (χ0v) is 13.5. The van der Waals surface area contributed by atoms with Crippen molar-refractivity contribution >= 4 is 15.8 Å². The third kappa shape index (κ3) is 4.69. The highest BCUT2D eigenvalue weighted by Gasteiger charge is 2.27. The fraction of sp³-hybridized carbons (Fsp3) is 0.571. The number of aromatic nitrogens is 1. The second-order valence-corrected chi connectivity index (χ2v) is 6.95. The van der Waals surface area contributed by atoms with E-state index in [0.717, 1.165) is 0 Å². The molecule has 1 heterocycles. The molecule has 0 fully saturated rings. The molecule has 21 heavy (non-hydrogen) atoms. The van der Waals surface area contributed by atoms with Crippen molar-refractivity contribution in [2.45, 2.75) is 32.1 Å². The van der Waals surface area contributed by atoms with E-state index in [0.29, 0.717) is 18.9 Å². The van der Waals surface area contributed by atoms with Gasteiger partial charge in [0, 0.05) is 32.3 Å². The molecule has 1 N–H and O–H groups in total. The lowest BCUT2D eigenvalue weighted by Gasteiger charge is -2.24. The summed E-state index contributed by atoms with van der Waals surface area (Å²) in [6.07, 6.45) is 1.72. The van der Waals surface area contributed by atoms with Gasteiger partial charge >= 0.3 is 0 Å². The molecular weight excluding hydrogens is 288 g/mol. The number of sulfonamides is 1. The zero-order chi connectivity index (χ0) is 15.9. The number of hydrogen-bond donors (Lipinski definition) is 1. The number of hydrogen-bond acceptors (Lipinski definition) is 5. The third-order valence-electron chi connectivity index (χ3n) is 2.77. The Balaban J connectivity index is 3.19. The first kappa shape index (κ1) is 17.4. The van der Waals surface area contributed by atoms with Crippen LogP contribution in [0.1, 0.15) is 27.2 Å². The molecule has 0 aliphatic heterocycles. The molecule has 0 aliphatic rings. The van der Waals surface area contributed by atoms with Crippen LogP contribution in [0.25, 0.3) is 0 Å². The fourth-order valence-electron chi connectivity index (χ4n) is 1.93. The van der Waals surface area contributed by atoms with Crippen LogP contribution < -0.4 is 5.32 Å². The van der Waals surface area contributed by atoms with Gasteiger partial charge in [-0.15, -0.1) is 0 Å². The molecule has 1 aromatic rings. The Labute approximate surface area is 126 Å². The van der Waals surface area contributed by atoms with Crippen molar-refractivity contribution in [3.8, 4) is 6.07 Å². The summed E-state index contributed by atoms with van der Waals surface area (Å²) in [6, 6.07) is 5.14. The summed E-state index contributed by atoms with van der Waals surface area (Å²) < 4.78 is 27.0. The van der Waals surface area contributed by atoms with Crippen molar-refractivity contribution in [3.05, 3.63) is 18.3 Å². The third-order valence-corrected chi connectivity index (χ3v) is 4.67. The lowest BCUT2D eigenvalue weighted by atomic mass is 10.2. The van der Waals surface area contributed by atoms with Gasteiger partial charge in [0.1, 0.15) is 10.7 Å². The summed E-state index contributed by atoms with van der Waals surface area (Å²) in [6.45, 7) is 6.93. The van der Waals surface area contributed by atoms with Crippen molar-refractivity contribution in [3.63, 3.8) is 0 Å². The van der Waals surface area contributed by atoms with Crippen LogP contribution >= 0.6 is 0 Å². The lowest BCUT2D eigenvalue weighted by Crippen LogP contribution is -2.35. The van der Waals surface area contributed by atoms with Crippen LogP contribution in [0, 0.1) is 17.2 Å². The van der Waals surface area contributed by atoms with Gasteiger partial charge in [-0.1, -0.05) is 13.8 Å². The molecule has 116 valence electrons. The first-order valence-electron chi connectivity index (χ1n) is 6.99. The molecule has 0 saturated heterocycles. The Bertz CT molecular complexity index is 593. The number of rotatable bonds is 8. The molecule has 0 atom stereocenters. The van der Waals surface area contributed by atoms with Crippen LogP contribution in [0.15, 0.2) is 23.2 Å². The molecule has 0 amide bonds. The monoisotopic (exact) mass is 310 g/mol. The van der Waals surface area contributed by atoms with Gasteiger partial charge in [0.15, 0.2) is 0 Å². The van der Waals surface area contributed by atoms with Gasteiger partial charge < -0.3 is 5.32 Å². The molecule has 0 unspecified atom stereocenters. The largest absolute Gasteiger partial charge is 0.369 e. The average molecular weight is 310 g/mol. The second kappa shape index (κ2) is 7.96. The Hall–Kier alpha value is -1.65. The summed E-state index contributed by atoms with van der Waals surface area (Å²) >= 11 is 0. The summed E-state index contributed by atoms with van der Waals surface area (Å²) in [5.41, 5.74) is 0. The normalized spacial score (nSPS) is 11.6. The van der Waals surface area contributed by atoms with Crippen LogP contribution in [-0.4, -0.2) is 37.3 Å². The van der Waals surface area contributed by atoms with Crippen molar-refractivity contribution in [1.82, 2.24) is 9.29 Å². The summed E-state index contributed by atoms with van der Waals surface area (Å²) in [5, 5.41) is 11.7. The molecule has 0 saturated carbocycles. The van der Waals surface area contributed by atoms with E-state index in [1.54, 1.807) is 18.3 Å². The number of nitrogens with zero attached hydrogens (tertiary/aromatic N) is 3. The molecule has 0 bridgehead atoms. The van der Waals surface area contributed by atoms with Crippen LogP contribution in [0.2, 0.25) is 0 Å². The highest BCUT2D eigenvalue weighted by molar-refractivity contribution is 7.89. The maximum absolute atomic E-state index is 12.8. The van der Waals surface area contributed by atoms with E-state index < -0.39 is 10.0 Å². The van der Waals surface area contributed by atoms with Gasteiger partial charge in [-0.3, -0.25) is 0 Å². The molecule has 0 spiro atoms. The summed E-state index contributed by atoms with van der Waals surface area (Å²) in [5.74, 6) is 0.531. The Morgan fingerprint density at radius 1 is 1.48 bits per heavy atom. The minimum Gasteiger partial charge on any atom is -0.369 e. The van der Waals surface area contributed by atoms with E-state index in [-0.39, 0.29) is 23.8 Å². The Morgan fingerprint density at radius 3 is 2.76 bits per heavy atom. The van der Waals surface area contributed by atoms with Gasteiger partial charge in [-0.05, 0) is 25.0 Å². The van der Waals surface area contributed by atoms with E-state index >= 15 is 0 Å². The number of nitrogens with one attached hydrogen (secondary N) is 1. The van der Waals surface area contributed by atoms with E-state index in [1.807, 2.05) is 26.8 Å². The SMILES string of the molecule is CCNc1ncccc1S(=O)(=O)N(CCC#N)CC(C)C. The standard InChI is InChI=1S/C14H22N4O2S/c1-4-16-14-13(7-5-9-17-14)21(19,20)18(10-6-8-15)11-12(2)3/h5,7,9,12H,4,6,10-11H2,1-3H3,(H,16,17). The lowest BCUT2D eigenvalue weighted by molar-refractivity contribution is 0.373. The molecule has 0 aromatic carbocycles. The van der Waals surface area contributed by atoms with Crippen molar-refractivity contribution in [1.29, 1.82) is 5.26 Å². The van der Waals surface area contributed by atoms with Gasteiger partial charge in [0.25, 0.3) is 0 Å². The Morgan fingerprint density at radius 2 is 2.19 bits per heavy atom. The summed E-state index contributed by atoms with van der Waals surface area (Å²) in [4.78, 5) is 4.25. The maximum atomic E-state index is 12.8. The fourth-order valence-corrected chi connectivity index (χ4v) is 3.65. The molecule has 7 heteroatoms. The minimum absolute atomic E-state index is 0.158. The first-order valence-corrected chi connectivity index (χ1v) is 8.43. The van der Waals surface area contributed by atoms with Crippen LogP contribution in [-0.2, 0) is 10.0 Å². The van der Waals surface area contributed by atoms with E-state index in [4.69, 9.17) is 5.26 Å². The highest BCUT2D eigenvalue weighted by atomic mass is 32.2. The number of nitriles is 1. The Kier molecular flexibility index (Phi) is 6.59. The molecule has 6 nitrogen and oxygen atoms in total. The van der Waals surface area contributed by atoms with Crippen molar-refractivity contribution in [2.75, 3.05) is 25.0 Å². The van der Waals surface area contributed by atoms with Gasteiger partial charge in [0.05, 0.1) is 6.07 Å². The number of anilines is 1. The van der Waals surface area contributed by atoms with Gasteiger partial charge in [0.2, 0.25) is 10.0 Å². The van der Waals surface area contributed by atoms with Crippen molar-refractivity contribution < 1.29 is 8.42 Å². The minimum atomic E-state index is -3.66. The van der Waals surface area contributed by atoms with Crippen LogP contribution in [0.3, 0.4) is 0 Å². The first-order chi connectivity index (χ1) is 9.93. The molecule has 1 aromatic heterocycles. The predicted molar refractivity (Wildman–Crippen MR) is 82.2 cm³/mol. The zero-order valence-electron chi connectivity index (χ0n) is 12.7. The smallest absolute Gasteiger partial charge is 0.246 e. The number of pyridine rings is 1. The summed E-state index contributed by atoms with van der Waals surface area (Å²) in [7, 11) is -3.66. The quantitative estimate of drug-likeness (QED) is 0.794. The van der Waals surface area contributed by atoms with Gasteiger partial charge in [-0.2, -0.15) is 9.57 Å². The van der Waals surface area contributed by atoms with E-state index in [9.17, 15) is 8.42 Å². The van der Waals surface area contributed by atoms with Crippen LogP contribution in [0.5, 0.6) is 0 Å². The molecule has 0 radical (unpaired) electrons. The van der Waals surface area contributed by atoms with Crippen molar-refractivity contribution in [2.24, 2.45) is 5.92 Å². The van der Waals surface area contributed by atoms with E-state index in [2.05, 4.69) is 10.3 Å². The second-order valence-electron chi connectivity index (χ2n) is 5.05. The molecule has 0 aliphatic carbocycles. The molecule has 1 rings (SSSR count). The maximum Gasteiger partial charge on any atom is 0.246 e. The van der Waals surface area contributed by atoms with Gasteiger partial charge in [-0.25, -0.2) is 13.4 Å². The van der Waals surface area contributed by atoms with Crippen LogP contribution in [0.4, 0.5) is 5.82 Å². The average Bonchev–Trinajstić information content (AvgIpc) is 2.43. The van der Waals surface area contributed by atoms with E-state index in [1.165, 1.54) is 4.31 Å². The highest BCUT2D eigenvalue weighted by Crippen LogP contribution is 2.23. The molecular formula is C14H22N4O2S. The topological polar surface area (TPSA) is 86.1 Å².